The Bertz CT molecular complexity index is 637. The highest BCUT2D eigenvalue weighted by Crippen LogP contribution is 2.25. The molecule has 6 nitrogen and oxygen atoms in total. The lowest BCUT2D eigenvalue weighted by molar-refractivity contribution is -0.137. The molecule has 1 aromatic carbocycles. The minimum atomic E-state index is -0.861. The molecule has 1 fully saturated rings. The predicted octanol–water partition coefficient (Wildman–Crippen LogP) is 0.863. The number of hydrogen-bond acceptors (Lipinski definition) is 4. The van der Waals surface area contributed by atoms with Crippen molar-refractivity contribution in [1.29, 1.82) is 0 Å². The van der Waals surface area contributed by atoms with Crippen molar-refractivity contribution in [2.24, 2.45) is 0 Å². The summed E-state index contributed by atoms with van der Waals surface area (Å²) in [5, 5.41) is 0. The van der Waals surface area contributed by atoms with Crippen LogP contribution in [0.1, 0.15) is 40.5 Å². The van der Waals surface area contributed by atoms with Crippen molar-refractivity contribution in [3.8, 4) is 0 Å². The maximum Gasteiger partial charge on any atom is 0.262 e. The molecule has 3 rings (SSSR count). The minimum absolute atomic E-state index is 0.137. The number of Topliss-reactive ketones (excluding diaryl/α,β-unsaturated/α-hetero) is 1. The standard InChI is InChI=1S/C16H16N2O4/c1-10(14(20)17-8-6-11(19)7-9-17)18-15(21)12-4-2-3-5-13(12)16(18)22/h2-5,10H,6-9H2,1H3. The van der Waals surface area contributed by atoms with E-state index in [1.807, 2.05) is 0 Å². The maximum atomic E-state index is 12.5. The highest BCUT2D eigenvalue weighted by atomic mass is 16.2. The van der Waals surface area contributed by atoms with Crippen LogP contribution >= 0.6 is 0 Å². The first-order valence-electron chi connectivity index (χ1n) is 7.28. The van der Waals surface area contributed by atoms with Crippen LogP contribution in [0.15, 0.2) is 24.3 Å². The van der Waals surface area contributed by atoms with Gasteiger partial charge >= 0.3 is 0 Å². The summed E-state index contributed by atoms with van der Waals surface area (Å²) in [5.41, 5.74) is 0.668. The number of rotatable bonds is 2. The van der Waals surface area contributed by atoms with Crippen LogP contribution in [0.25, 0.3) is 0 Å². The van der Waals surface area contributed by atoms with Gasteiger partial charge in [-0.3, -0.25) is 24.1 Å². The second kappa shape index (κ2) is 5.36. The Kier molecular flexibility index (Phi) is 3.52. The molecule has 0 saturated carbocycles. The van der Waals surface area contributed by atoms with Crippen molar-refractivity contribution in [2.75, 3.05) is 13.1 Å². The quantitative estimate of drug-likeness (QED) is 0.759. The molecule has 1 atom stereocenters. The third kappa shape index (κ3) is 2.20. The number of carbonyl (C=O) groups is 4. The highest BCUT2D eigenvalue weighted by Gasteiger charge is 2.41. The summed E-state index contributed by atoms with van der Waals surface area (Å²) in [6, 6.07) is 5.70. The molecule has 1 unspecified atom stereocenters. The first-order valence-corrected chi connectivity index (χ1v) is 7.28. The summed E-state index contributed by atoms with van der Waals surface area (Å²) in [6.45, 7) is 2.26. The average Bonchev–Trinajstić information content (AvgIpc) is 2.79. The van der Waals surface area contributed by atoms with Gasteiger partial charge in [0.25, 0.3) is 11.8 Å². The summed E-state index contributed by atoms with van der Waals surface area (Å²) in [5.74, 6) is -1.02. The molecule has 2 heterocycles. The Morgan fingerprint density at radius 2 is 1.50 bits per heavy atom. The van der Waals surface area contributed by atoms with Crippen LogP contribution in [-0.4, -0.2) is 52.4 Å². The normalized spacial score (nSPS) is 19.4. The third-order valence-electron chi connectivity index (χ3n) is 4.20. The van der Waals surface area contributed by atoms with Crippen LogP contribution < -0.4 is 0 Å². The SMILES string of the molecule is CC(C(=O)N1CCC(=O)CC1)N1C(=O)c2ccccc2C1=O. The predicted molar refractivity (Wildman–Crippen MR) is 77.2 cm³/mol. The van der Waals surface area contributed by atoms with E-state index in [0.29, 0.717) is 37.1 Å². The topological polar surface area (TPSA) is 74.8 Å². The lowest BCUT2D eigenvalue weighted by atomic mass is 10.1. The van der Waals surface area contributed by atoms with Gasteiger partial charge in [-0.2, -0.15) is 0 Å². The Hall–Kier alpha value is -2.50. The number of amides is 3. The van der Waals surface area contributed by atoms with Gasteiger partial charge in [0.05, 0.1) is 11.1 Å². The van der Waals surface area contributed by atoms with Gasteiger partial charge in [0.2, 0.25) is 5.91 Å². The molecule has 2 aliphatic heterocycles. The lowest BCUT2D eigenvalue weighted by Gasteiger charge is -2.31. The fourth-order valence-electron chi connectivity index (χ4n) is 2.91. The molecule has 1 aromatic rings. The van der Waals surface area contributed by atoms with Gasteiger partial charge < -0.3 is 4.90 Å². The zero-order chi connectivity index (χ0) is 15.9. The number of benzene rings is 1. The van der Waals surface area contributed by atoms with Gasteiger partial charge in [-0.25, -0.2) is 0 Å². The molecule has 3 amide bonds. The molecule has 0 radical (unpaired) electrons. The van der Waals surface area contributed by atoms with Crippen LogP contribution in [0.4, 0.5) is 0 Å². The first kappa shape index (κ1) is 14.4. The molecule has 0 aromatic heterocycles. The van der Waals surface area contributed by atoms with E-state index in [9.17, 15) is 19.2 Å². The van der Waals surface area contributed by atoms with Crippen LogP contribution in [-0.2, 0) is 9.59 Å². The number of likely N-dealkylation sites (tertiary alicyclic amines) is 1. The third-order valence-corrected chi connectivity index (χ3v) is 4.20. The summed E-state index contributed by atoms with van der Waals surface area (Å²) in [7, 11) is 0. The van der Waals surface area contributed by atoms with E-state index in [2.05, 4.69) is 0 Å². The Morgan fingerprint density at radius 3 is 2.00 bits per heavy atom. The number of imide groups is 1. The zero-order valence-corrected chi connectivity index (χ0v) is 12.2. The lowest BCUT2D eigenvalue weighted by Crippen LogP contribution is -2.51. The average molecular weight is 300 g/mol. The van der Waals surface area contributed by atoms with Gasteiger partial charge in [-0.1, -0.05) is 12.1 Å². The fraction of sp³-hybridized carbons (Fsp3) is 0.375. The number of fused-ring (bicyclic) bond motifs is 1. The molecule has 0 aliphatic carbocycles. The van der Waals surface area contributed by atoms with Gasteiger partial charge in [0.1, 0.15) is 11.8 Å². The number of ketones is 1. The molecule has 6 heteroatoms. The van der Waals surface area contributed by atoms with E-state index < -0.39 is 17.9 Å². The molecule has 114 valence electrons. The van der Waals surface area contributed by atoms with Gasteiger partial charge in [0, 0.05) is 25.9 Å². The van der Waals surface area contributed by atoms with E-state index in [-0.39, 0.29) is 11.7 Å². The summed E-state index contributed by atoms with van der Waals surface area (Å²) < 4.78 is 0. The zero-order valence-electron chi connectivity index (χ0n) is 12.2. The summed E-state index contributed by atoms with van der Waals surface area (Å²) in [6.07, 6.45) is 0.668. The van der Waals surface area contributed by atoms with Crippen LogP contribution in [0, 0.1) is 0 Å². The fourth-order valence-corrected chi connectivity index (χ4v) is 2.91. The van der Waals surface area contributed by atoms with Gasteiger partial charge in [0.15, 0.2) is 0 Å². The Balaban J connectivity index is 1.80. The molecule has 1 saturated heterocycles. The van der Waals surface area contributed by atoms with Gasteiger partial charge in [-0.05, 0) is 19.1 Å². The maximum absolute atomic E-state index is 12.5. The second-order valence-corrected chi connectivity index (χ2v) is 5.57. The molecular formula is C16H16N2O4. The van der Waals surface area contributed by atoms with Crippen molar-refractivity contribution in [1.82, 2.24) is 9.80 Å². The molecule has 2 aliphatic rings. The first-order chi connectivity index (χ1) is 10.5. The number of nitrogens with zero attached hydrogens (tertiary/aromatic N) is 2. The van der Waals surface area contributed by atoms with Crippen LogP contribution in [0.2, 0.25) is 0 Å². The Labute approximate surface area is 127 Å². The van der Waals surface area contributed by atoms with Gasteiger partial charge in [-0.15, -0.1) is 0 Å². The van der Waals surface area contributed by atoms with Crippen LogP contribution in [0.3, 0.4) is 0 Å². The van der Waals surface area contributed by atoms with Crippen molar-refractivity contribution in [3.05, 3.63) is 35.4 Å². The molecule has 0 bridgehead atoms. The van der Waals surface area contributed by atoms with E-state index in [1.165, 1.54) is 0 Å². The smallest absolute Gasteiger partial charge is 0.262 e. The summed E-state index contributed by atoms with van der Waals surface area (Å²) >= 11 is 0. The summed E-state index contributed by atoms with van der Waals surface area (Å²) in [4.78, 5) is 51.1. The molecule has 0 spiro atoms. The van der Waals surface area contributed by atoms with Crippen molar-refractivity contribution in [2.45, 2.75) is 25.8 Å². The van der Waals surface area contributed by atoms with E-state index >= 15 is 0 Å². The number of piperidine rings is 1. The molecular weight excluding hydrogens is 284 g/mol. The largest absolute Gasteiger partial charge is 0.340 e. The van der Waals surface area contributed by atoms with E-state index in [1.54, 1.807) is 36.1 Å². The number of hydrogen-bond donors (Lipinski definition) is 0. The second-order valence-electron chi connectivity index (χ2n) is 5.57. The highest BCUT2D eigenvalue weighted by molar-refractivity contribution is 6.22. The Morgan fingerprint density at radius 1 is 1.00 bits per heavy atom. The van der Waals surface area contributed by atoms with Crippen molar-refractivity contribution in [3.63, 3.8) is 0 Å². The molecule has 22 heavy (non-hydrogen) atoms. The number of carbonyl (C=O) groups excluding carboxylic acids is 4. The van der Waals surface area contributed by atoms with Crippen LogP contribution in [0.5, 0.6) is 0 Å². The minimum Gasteiger partial charge on any atom is -0.340 e. The monoisotopic (exact) mass is 300 g/mol. The molecule has 0 N–H and O–H groups in total. The van der Waals surface area contributed by atoms with Crippen molar-refractivity contribution >= 4 is 23.5 Å². The van der Waals surface area contributed by atoms with Crippen molar-refractivity contribution < 1.29 is 19.2 Å². The van der Waals surface area contributed by atoms with E-state index in [0.717, 1.165) is 4.90 Å². The van der Waals surface area contributed by atoms with E-state index in [4.69, 9.17) is 0 Å².